The monoisotopic (exact) mass is 498 g/mol. The maximum atomic E-state index is 13.0. The van der Waals surface area contributed by atoms with Crippen LogP contribution >= 0.6 is 0 Å². The van der Waals surface area contributed by atoms with Gasteiger partial charge < -0.3 is 15.1 Å². The van der Waals surface area contributed by atoms with E-state index in [1.54, 1.807) is 28.9 Å². The van der Waals surface area contributed by atoms with Crippen LogP contribution in [0.4, 0.5) is 11.4 Å². The second kappa shape index (κ2) is 10.6. The molecule has 10 heteroatoms. The smallest absolute Gasteiger partial charge is 0.240 e. The summed E-state index contributed by atoms with van der Waals surface area (Å²) in [6.45, 7) is 3.31. The van der Waals surface area contributed by atoms with E-state index in [0.29, 0.717) is 44.7 Å². The first kappa shape index (κ1) is 24.9. The van der Waals surface area contributed by atoms with E-state index in [-0.39, 0.29) is 40.9 Å². The SMILES string of the molecule is CCNS(=O)(=O)c1ccc(NC(=O)C2CCN(C(=O)C3CC(=O)N(c4ccccc4)C3)CC2)cc1. The summed E-state index contributed by atoms with van der Waals surface area (Å²) in [5.41, 5.74) is 1.32. The number of piperidine rings is 1. The van der Waals surface area contributed by atoms with Crippen molar-refractivity contribution in [1.82, 2.24) is 9.62 Å². The van der Waals surface area contributed by atoms with Crippen molar-refractivity contribution in [1.29, 1.82) is 0 Å². The molecule has 0 aromatic heterocycles. The van der Waals surface area contributed by atoms with Crippen LogP contribution in [0.25, 0.3) is 0 Å². The molecule has 4 rings (SSSR count). The quantitative estimate of drug-likeness (QED) is 0.607. The van der Waals surface area contributed by atoms with Gasteiger partial charge in [-0.2, -0.15) is 0 Å². The van der Waals surface area contributed by atoms with E-state index >= 15 is 0 Å². The van der Waals surface area contributed by atoms with Gasteiger partial charge in [0, 0.05) is 49.9 Å². The van der Waals surface area contributed by atoms with Gasteiger partial charge in [0.1, 0.15) is 0 Å². The van der Waals surface area contributed by atoms with Gasteiger partial charge in [-0.3, -0.25) is 14.4 Å². The van der Waals surface area contributed by atoms with Crippen molar-refractivity contribution in [2.45, 2.75) is 31.1 Å². The molecule has 2 aliphatic rings. The lowest BCUT2D eigenvalue weighted by molar-refractivity contribution is -0.138. The Labute approximate surface area is 205 Å². The van der Waals surface area contributed by atoms with Crippen molar-refractivity contribution in [3.05, 3.63) is 54.6 Å². The first-order valence-electron chi connectivity index (χ1n) is 11.8. The highest BCUT2D eigenvalue weighted by Crippen LogP contribution is 2.28. The fourth-order valence-electron chi connectivity index (χ4n) is 4.59. The number of carbonyl (C=O) groups excluding carboxylic acids is 3. The van der Waals surface area contributed by atoms with Gasteiger partial charge >= 0.3 is 0 Å². The van der Waals surface area contributed by atoms with Crippen molar-refractivity contribution in [2.24, 2.45) is 11.8 Å². The molecule has 1 atom stereocenters. The van der Waals surface area contributed by atoms with E-state index in [0.717, 1.165) is 5.69 Å². The fourth-order valence-corrected chi connectivity index (χ4v) is 5.63. The molecule has 2 heterocycles. The first-order chi connectivity index (χ1) is 16.8. The van der Waals surface area contributed by atoms with E-state index in [1.165, 1.54) is 12.1 Å². The first-order valence-corrected chi connectivity index (χ1v) is 13.3. The van der Waals surface area contributed by atoms with Crippen molar-refractivity contribution < 1.29 is 22.8 Å². The van der Waals surface area contributed by atoms with Crippen LogP contribution in [0.3, 0.4) is 0 Å². The average molecular weight is 499 g/mol. The van der Waals surface area contributed by atoms with Crippen LogP contribution in [0.2, 0.25) is 0 Å². The lowest BCUT2D eigenvalue weighted by Gasteiger charge is -2.33. The highest BCUT2D eigenvalue weighted by Gasteiger charge is 2.38. The van der Waals surface area contributed by atoms with Gasteiger partial charge in [-0.1, -0.05) is 25.1 Å². The summed E-state index contributed by atoms with van der Waals surface area (Å²) in [5, 5.41) is 2.84. The zero-order valence-corrected chi connectivity index (χ0v) is 20.5. The third kappa shape index (κ3) is 5.71. The van der Waals surface area contributed by atoms with Crippen LogP contribution in [0.5, 0.6) is 0 Å². The van der Waals surface area contributed by atoms with Crippen molar-refractivity contribution in [3.63, 3.8) is 0 Å². The van der Waals surface area contributed by atoms with Crippen molar-refractivity contribution >= 4 is 39.1 Å². The Kier molecular flexibility index (Phi) is 7.51. The highest BCUT2D eigenvalue weighted by molar-refractivity contribution is 7.89. The van der Waals surface area contributed by atoms with Crippen LogP contribution in [0, 0.1) is 11.8 Å². The number of likely N-dealkylation sites (tertiary alicyclic amines) is 1. The van der Waals surface area contributed by atoms with Crippen LogP contribution in [-0.2, 0) is 24.4 Å². The predicted octanol–water partition coefficient (Wildman–Crippen LogP) is 2.21. The van der Waals surface area contributed by atoms with Gasteiger partial charge in [0.2, 0.25) is 27.7 Å². The number of benzene rings is 2. The standard InChI is InChI=1S/C25H30N4O5S/c1-2-26-35(33,34)22-10-8-20(9-11-22)27-24(31)18-12-14-28(15-13-18)25(32)19-16-23(30)29(17-19)21-6-4-3-5-7-21/h3-11,18-19,26H,2,12-17H2,1H3,(H,27,31). The van der Waals surface area contributed by atoms with Crippen LogP contribution < -0.4 is 14.9 Å². The number of sulfonamides is 1. The Hall–Kier alpha value is -3.24. The van der Waals surface area contributed by atoms with Crippen molar-refractivity contribution in [2.75, 3.05) is 36.4 Å². The molecule has 2 saturated heterocycles. The highest BCUT2D eigenvalue weighted by atomic mass is 32.2. The molecular weight excluding hydrogens is 468 g/mol. The molecule has 3 amide bonds. The van der Waals surface area contributed by atoms with E-state index < -0.39 is 10.0 Å². The minimum atomic E-state index is -3.54. The molecule has 2 fully saturated rings. The topological polar surface area (TPSA) is 116 Å². The molecule has 0 saturated carbocycles. The molecule has 2 aliphatic heterocycles. The van der Waals surface area contributed by atoms with Crippen LogP contribution in [-0.4, -0.2) is 57.2 Å². The van der Waals surface area contributed by atoms with Crippen molar-refractivity contribution in [3.8, 4) is 0 Å². The van der Waals surface area contributed by atoms with Gasteiger partial charge in [0.15, 0.2) is 0 Å². The average Bonchev–Trinajstić information content (AvgIpc) is 3.26. The van der Waals surface area contributed by atoms with Gasteiger partial charge in [-0.05, 0) is 49.2 Å². The number of hydrogen-bond acceptors (Lipinski definition) is 5. The van der Waals surface area contributed by atoms with E-state index in [9.17, 15) is 22.8 Å². The van der Waals surface area contributed by atoms with Gasteiger partial charge in [-0.15, -0.1) is 0 Å². The number of nitrogens with one attached hydrogen (secondary N) is 2. The summed E-state index contributed by atoms with van der Waals surface area (Å²) in [6.07, 6.45) is 1.27. The Balaban J connectivity index is 1.28. The lowest BCUT2D eigenvalue weighted by atomic mass is 9.94. The molecule has 35 heavy (non-hydrogen) atoms. The number of carbonyl (C=O) groups is 3. The molecular formula is C25H30N4O5S. The Bertz CT molecular complexity index is 1180. The minimum Gasteiger partial charge on any atom is -0.342 e. The van der Waals surface area contributed by atoms with E-state index in [2.05, 4.69) is 10.0 Å². The molecule has 0 radical (unpaired) electrons. The number of hydrogen-bond donors (Lipinski definition) is 2. The predicted molar refractivity (Wildman–Crippen MR) is 132 cm³/mol. The lowest BCUT2D eigenvalue weighted by Crippen LogP contribution is -2.44. The zero-order chi connectivity index (χ0) is 25.0. The molecule has 2 aromatic rings. The zero-order valence-electron chi connectivity index (χ0n) is 19.6. The Morgan fingerprint density at radius 3 is 2.26 bits per heavy atom. The summed E-state index contributed by atoms with van der Waals surface area (Å²) in [6, 6.07) is 15.4. The third-order valence-electron chi connectivity index (χ3n) is 6.49. The summed E-state index contributed by atoms with van der Waals surface area (Å²) >= 11 is 0. The normalized spacial score (nSPS) is 19.1. The molecule has 2 aromatic carbocycles. The largest absolute Gasteiger partial charge is 0.342 e. The second-order valence-corrected chi connectivity index (χ2v) is 10.6. The number of rotatable bonds is 7. The number of amides is 3. The molecule has 0 aliphatic carbocycles. The fraction of sp³-hybridized carbons (Fsp3) is 0.400. The van der Waals surface area contributed by atoms with E-state index in [1.807, 2.05) is 30.3 Å². The van der Waals surface area contributed by atoms with Crippen LogP contribution in [0.15, 0.2) is 59.5 Å². The Morgan fingerprint density at radius 2 is 1.63 bits per heavy atom. The molecule has 0 bridgehead atoms. The third-order valence-corrected chi connectivity index (χ3v) is 8.05. The summed E-state index contributed by atoms with van der Waals surface area (Å²) in [4.78, 5) is 41.8. The number of para-hydroxylation sites is 1. The van der Waals surface area contributed by atoms with Gasteiger partial charge in [-0.25, -0.2) is 13.1 Å². The molecule has 9 nitrogen and oxygen atoms in total. The summed E-state index contributed by atoms with van der Waals surface area (Å²) < 4.78 is 26.5. The number of anilines is 2. The maximum Gasteiger partial charge on any atom is 0.240 e. The summed E-state index contributed by atoms with van der Waals surface area (Å²) in [5.74, 6) is -0.841. The molecule has 1 unspecified atom stereocenters. The maximum absolute atomic E-state index is 13.0. The molecule has 186 valence electrons. The Morgan fingerprint density at radius 1 is 0.971 bits per heavy atom. The summed E-state index contributed by atoms with van der Waals surface area (Å²) in [7, 11) is -3.54. The number of nitrogens with zero attached hydrogens (tertiary/aromatic N) is 2. The minimum absolute atomic E-state index is 0.0341. The van der Waals surface area contributed by atoms with Gasteiger partial charge in [0.05, 0.1) is 10.8 Å². The molecule has 0 spiro atoms. The van der Waals surface area contributed by atoms with Crippen LogP contribution in [0.1, 0.15) is 26.2 Å². The second-order valence-electron chi connectivity index (χ2n) is 8.86. The van der Waals surface area contributed by atoms with E-state index in [4.69, 9.17) is 0 Å². The van der Waals surface area contributed by atoms with Gasteiger partial charge in [0.25, 0.3) is 0 Å². The molecule has 2 N–H and O–H groups in total.